The van der Waals surface area contributed by atoms with E-state index in [1.54, 1.807) is 0 Å². The van der Waals surface area contributed by atoms with Crippen molar-refractivity contribution in [2.75, 3.05) is 4.90 Å². The Hall–Kier alpha value is -5.86. The van der Waals surface area contributed by atoms with Crippen molar-refractivity contribution < 1.29 is 4.42 Å². The van der Waals surface area contributed by atoms with Crippen molar-refractivity contribution in [2.45, 2.75) is 0 Å². The second-order valence-electron chi connectivity index (χ2n) is 11.4. The zero-order valence-corrected chi connectivity index (χ0v) is 23.9. The number of benzene rings is 8. The standard InChI is InChI=1S/C42H27NO/c1-2-10-28(11-3-1)30-18-22-33(23-19-30)43(34-24-20-29-12-4-5-14-32(29)26-34)41-37-25-21-31-13-6-7-15-35(31)38(37)27-39-36-16-8-9-17-40(36)44-42(39)41/h1-27H. The van der Waals surface area contributed by atoms with Crippen LogP contribution in [-0.2, 0) is 0 Å². The molecule has 0 N–H and O–H groups in total. The van der Waals surface area contributed by atoms with Gasteiger partial charge in [-0.15, -0.1) is 0 Å². The largest absolute Gasteiger partial charge is 0.454 e. The average Bonchev–Trinajstić information content (AvgIpc) is 3.47. The molecule has 0 spiro atoms. The minimum Gasteiger partial charge on any atom is -0.454 e. The van der Waals surface area contributed by atoms with Gasteiger partial charge in [-0.3, -0.25) is 0 Å². The van der Waals surface area contributed by atoms with Crippen LogP contribution in [0.2, 0.25) is 0 Å². The average molecular weight is 562 g/mol. The molecule has 0 amide bonds. The third-order valence-corrected chi connectivity index (χ3v) is 8.81. The Balaban J connectivity index is 1.40. The monoisotopic (exact) mass is 561 g/mol. The molecule has 1 aromatic heterocycles. The number of rotatable bonds is 4. The van der Waals surface area contributed by atoms with Crippen molar-refractivity contribution in [3.63, 3.8) is 0 Å². The van der Waals surface area contributed by atoms with E-state index in [1.807, 2.05) is 6.07 Å². The normalized spacial score (nSPS) is 11.6. The maximum atomic E-state index is 6.77. The second kappa shape index (κ2) is 9.86. The first-order valence-electron chi connectivity index (χ1n) is 15.0. The van der Waals surface area contributed by atoms with Gasteiger partial charge < -0.3 is 9.32 Å². The van der Waals surface area contributed by atoms with Crippen LogP contribution in [-0.4, -0.2) is 0 Å². The first-order chi connectivity index (χ1) is 21.8. The van der Waals surface area contributed by atoms with Crippen LogP contribution in [0.5, 0.6) is 0 Å². The zero-order valence-electron chi connectivity index (χ0n) is 23.9. The second-order valence-corrected chi connectivity index (χ2v) is 11.4. The van der Waals surface area contributed by atoms with Crippen molar-refractivity contribution in [2.24, 2.45) is 0 Å². The third-order valence-electron chi connectivity index (χ3n) is 8.81. The predicted molar refractivity (Wildman–Crippen MR) is 186 cm³/mol. The molecule has 0 aliphatic rings. The van der Waals surface area contributed by atoms with Gasteiger partial charge in [-0.25, -0.2) is 0 Å². The molecule has 0 aliphatic carbocycles. The van der Waals surface area contributed by atoms with Gasteiger partial charge in [0.1, 0.15) is 5.58 Å². The lowest BCUT2D eigenvalue weighted by atomic mass is 9.96. The van der Waals surface area contributed by atoms with Crippen molar-refractivity contribution in [3.05, 3.63) is 164 Å². The van der Waals surface area contributed by atoms with Crippen LogP contribution in [0.3, 0.4) is 0 Å². The van der Waals surface area contributed by atoms with E-state index in [0.29, 0.717) is 0 Å². The minimum absolute atomic E-state index is 0.884. The van der Waals surface area contributed by atoms with Crippen molar-refractivity contribution in [1.29, 1.82) is 0 Å². The molecule has 8 aromatic carbocycles. The van der Waals surface area contributed by atoms with E-state index in [1.165, 1.54) is 38.1 Å². The van der Waals surface area contributed by atoms with E-state index in [-0.39, 0.29) is 0 Å². The lowest BCUT2D eigenvalue weighted by Crippen LogP contribution is -2.11. The van der Waals surface area contributed by atoms with Crippen LogP contribution in [0, 0.1) is 0 Å². The SMILES string of the molecule is c1ccc(-c2ccc(N(c3ccc4ccccc4c3)c3c4ccc5ccccc5c4cc4c3oc3ccccc34)cc2)cc1. The molecule has 9 rings (SSSR count). The number of fused-ring (bicyclic) bond motifs is 7. The summed E-state index contributed by atoms with van der Waals surface area (Å²) in [4.78, 5) is 2.38. The summed E-state index contributed by atoms with van der Waals surface area (Å²) in [5.41, 5.74) is 7.36. The molecule has 0 saturated heterocycles. The summed E-state index contributed by atoms with van der Waals surface area (Å²) in [7, 11) is 0. The minimum atomic E-state index is 0.884. The van der Waals surface area contributed by atoms with E-state index in [9.17, 15) is 0 Å². The Kier molecular flexibility index (Phi) is 5.54. The first kappa shape index (κ1) is 24.7. The molecule has 206 valence electrons. The molecular weight excluding hydrogens is 534 g/mol. The Labute approximate surface area is 255 Å². The van der Waals surface area contributed by atoms with E-state index < -0.39 is 0 Å². The van der Waals surface area contributed by atoms with E-state index in [0.717, 1.165) is 44.4 Å². The van der Waals surface area contributed by atoms with E-state index in [2.05, 4.69) is 163 Å². The molecule has 0 radical (unpaired) electrons. The number of nitrogens with zero attached hydrogens (tertiary/aromatic N) is 1. The van der Waals surface area contributed by atoms with Gasteiger partial charge in [-0.05, 0) is 74.5 Å². The maximum Gasteiger partial charge on any atom is 0.160 e. The van der Waals surface area contributed by atoms with Crippen LogP contribution in [0.15, 0.2) is 168 Å². The lowest BCUT2D eigenvalue weighted by molar-refractivity contribution is 0.669. The zero-order chi connectivity index (χ0) is 29.0. The van der Waals surface area contributed by atoms with Gasteiger partial charge >= 0.3 is 0 Å². The van der Waals surface area contributed by atoms with Crippen LogP contribution in [0.1, 0.15) is 0 Å². The Morgan fingerprint density at radius 1 is 0.364 bits per heavy atom. The highest BCUT2D eigenvalue weighted by atomic mass is 16.3. The Morgan fingerprint density at radius 2 is 1.00 bits per heavy atom. The van der Waals surface area contributed by atoms with Crippen LogP contribution >= 0.6 is 0 Å². The molecule has 0 fully saturated rings. The Bertz CT molecular complexity index is 2490. The summed E-state index contributed by atoms with van der Waals surface area (Å²) in [6.07, 6.45) is 0. The topological polar surface area (TPSA) is 16.4 Å². The van der Waals surface area contributed by atoms with Gasteiger partial charge in [-0.1, -0.05) is 127 Å². The van der Waals surface area contributed by atoms with Gasteiger partial charge in [0.2, 0.25) is 0 Å². The number of anilines is 3. The molecule has 0 bridgehead atoms. The van der Waals surface area contributed by atoms with Gasteiger partial charge in [0.15, 0.2) is 5.58 Å². The summed E-state index contributed by atoms with van der Waals surface area (Å²) in [6, 6.07) is 58.5. The van der Waals surface area contributed by atoms with Crippen molar-refractivity contribution in [1.82, 2.24) is 0 Å². The molecule has 2 nitrogen and oxygen atoms in total. The summed E-state index contributed by atoms with van der Waals surface area (Å²) in [5, 5.41) is 9.47. The maximum absolute atomic E-state index is 6.77. The summed E-state index contributed by atoms with van der Waals surface area (Å²) >= 11 is 0. The molecule has 0 saturated carbocycles. The number of para-hydroxylation sites is 1. The van der Waals surface area contributed by atoms with Gasteiger partial charge in [0.25, 0.3) is 0 Å². The molecule has 0 atom stereocenters. The summed E-state index contributed by atoms with van der Waals surface area (Å²) in [6.45, 7) is 0. The number of hydrogen-bond acceptors (Lipinski definition) is 2. The van der Waals surface area contributed by atoms with E-state index in [4.69, 9.17) is 4.42 Å². The van der Waals surface area contributed by atoms with Crippen LogP contribution < -0.4 is 4.90 Å². The van der Waals surface area contributed by atoms with Crippen LogP contribution in [0.25, 0.3) is 65.4 Å². The molecule has 44 heavy (non-hydrogen) atoms. The van der Waals surface area contributed by atoms with E-state index >= 15 is 0 Å². The summed E-state index contributed by atoms with van der Waals surface area (Å²) < 4.78 is 6.77. The Morgan fingerprint density at radius 3 is 1.84 bits per heavy atom. The predicted octanol–water partition coefficient (Wildman–Crippen LogP) is 12.2. The highest BCUT2D eigenvalue weighted by Crippen LogP contribution is 2.48. The van der Waals surface area contributed by atoms with Gasteiger partial charge in [0.05, 0.1) is 5.69 Å². The fourth-order valence-electron chi connectivity index (χ4n) is 6.69. The molecule has 0 unspecified atom stereocenters. The molecule has 9 aromatic rings. The van der Waals surface area contributed by atoms with Crippen LogP contribution in [0.4, 0.5) is 17.1 Å². The quantitative estimate of drug-likeness (QED) is 0.199. The molecule has 0 aliphatic heterocycles. The fraction of sp³-hybridized carbons (Fsp3) is 0. The van der Waals surface area contributed by atoms with Gasteiger partial charge in [0, 0.05) is 27.5 Å². The molecule has 1 heterocycles. The van der Waals surface area contributed by atoms with Crippen molar-refractivity contribution in [3.8, 4) is 11.1 Å². The highest BCUT2D eigenvalue weighted by Gasteiger charge is 2.23. The summed E-state index contributed by atoms with van der Waals surface area (Å²) in [5.74, 6) is 0. The van der Waals surface area contributed by atoms with Crippen molar-refractivity contribution >= 4 is 71.3 Å². The number of furan rings is 1. The highest BCUT2D eigenvalue weighted by molar-refractivity contribution is 6.24. The lowest BCUT2D eigenvalue weighted by Gasteiger charge is -2.28. The third kappa shape index (κ3) is 3.89. The smallest absolute Gasteiger partial charge is 0.160 e. The fourth-order valence-corrected chi connectivity index (χ4v) is 6.69. The van der Waals surface area contributed by atoms with Gasteiger partial charge in [-0.2, -0.15) is 0 Å². The number of hydrogen-bond donors (Lipinski definition) is 0. The first-order valence-corrected chi connectivity index (χ1v) is 15.0. The molecular formula is C42H27NO. The molecule has 2 heteroatoms.